The Kier molecular flexibility index (Phi) is 4.12. The number of esters is 1. The van der Waals surface area contributed by atoms with Crippen molar-refractivity contribution in [2.75, 3.05) is 0 Å². The molecule has 6 nitrogen and oxygen atoms in total. The molecule has 0 spiro atoms. The minimum Gasteiger partial charge on any atom is -0.426 e. The number of hydrogen-bond acceptors (Lipinski definition) is 6. The Bertz CT molecular complexity index is 834. The number of benzene rings is 1. The molecule has 3 rings (SSSR count). The molecule has 1 aromatic carbocycles. The number of rotatable bonds is 3. The van der Waals surface area contributed by atoms with Crippen LogP contribution in [0.2, 0.25) is 0 Å². The van der Waals surface area contributed by atoms with Crippen LogP contribution in [0.4, 0.5) is 0 Å². The van der Waals surface area contributed by atoms with Gasteiger partial charge in [0.1, 0.15) is 5.75 Å². The van der Waals surface area contributed by atoms with Crippen molar-refractivity contribution in [1.82, 2.24) is 15.1 Å². The first kappa shape index (κ1) is 15.9. The van der Waals surface area contributed by atoms with E-state index in [4.69, 9.17) is 9.26 Å². The average Bonchev–Trinajstić information content (AvgIpc) is 3.05. The third-order valence-corrected chi connectivity index (χ3v) is 3.27. The number of nitrogens with zero attached hydrogens (tertiary/aromatic N) is 3. The van der Waals surface area contributed by atoms with Crippen LogP contribution in [0.15, 0.2) is 53.3 Å². The maximum Gasteiger partial charge on any atom is 0.316 e. The molecular formula is C18H17N3O3. The van der Waals surface area contributed by atoms with Crippen LogP contribution in [0, 0.1) is 5.41 Å². The minimum absolute atomic E-state index is 0.284. The van der Waals surface area contributed by atoms with Gasteiger partial charge in [-0.1, -0.05) is 5.16 Å². The molecule has 0 atom stereocenters. The van der Waals surface area contributed by atoms with Gasteiger partial charge >= 0.3 is 5.97 Å². The lowest BCUT2D eigenvalue weighted by molar-refractivity contribution is -0.142. The summed E-state index contributed by atoms with van der Waals surface area (Å²) in [5.74, 6) is 1.06. The SMILES string of the molecule is CC(C)(C)C(=O)Oc1ccc(-c2noc(-c3cccnc3)n2)cc1. The van der Waals surface area contributed by atoms with Crippen molar-refractivity contribution >= 4 is 5.97 Å². The van der Waals surface area contributed by atoms with Gasteiger partial charge < -0.3 is 9.26 Å². The molecule has 3 aromatic rings. The highest BCUT2D eigenvalue weighted by molar-refractivity contribution is 5.78. The molecule has 24 heavy (non-hydrogen) atoms. The molecule has 0 amide bonds. The van der Waals surface area contributed by atoms with Gasteiger partial charge in [-0.2, -0.15) is 4.98 Å². The molecule has 0 saturated heterocycles. The Labute approximate surface area is 139 Å². The number of hydrogen-bond donors (Lipinski definition) is 0. The molecule has 0 bridgehead atoms. The molecular weight excluding hydrogens is 306 g/mol. The zero-order valence-electron chi connectivity index (χ0n) is 13.7. The molecule has 0 aliphatic rings. The van der Waals surface area contributed by atoms with E-state index < -0.39 is 5.41 Å². The van der Waals surface area contributed by atoms with Gasteiger partial charge in [-0.3, -0.25) is 9.78 Å². The van der Waals surface area contributed by atoms with Crippen LogP contribution >= 0.6 is 0 Å². The van der Waals surface area contributed by atoms with Crippen LogP contribution in [0.5, 0.6) is 5.75 Å². The third kappa shape index (κ3) is 3.48. The largest absolute Gasteiger partial charge is 0.426 e. The Balaban J connectivity index is 1.77. The Hall–Kier alpha value is -3.02. The van der Waals surface area contributed by atoms with Gasteiger partial charge in [0.2, 0.25) is 5.82 Å². The van der Waals surface area contributed by atoms with Gasteiger partial charge in [-0.15, -0.1) is 0 Å². The summed E-state index contributed by atoms with van der Waals surface area (Å²) in [6.45, 7) is 5.43. The number of carbonyl (C=O) groups excluding carboxylic acids is 1. The number of carbonyl (C=O) groups is 1. The van der Waals surface area contributed by atoms with Crippen LogP contribution in [0.3, 0.4) is 0 Å². The molecule has 0 saturated carbocycles. The maximum absolute atomic E-state index is 11.9. The van der Waals surface area contributed by atoms with E-state index in [0.717, 1.165) is 11.1 Å². The first-order chi connectivity index (χ1) is 11.4. The predicted octanol–water partition coefficient (Wildman–Crippen LogP) is 3.75. The standard InChI is InChI=1S/C18H17N3O3/c1-18(2,3)17(22)23-14-8-6-12(7-9-14)15-20-16(24-21-15)13-5-4-10-19-11-13/h4-11H,1-3H3. The summed E-state index contributed by atoms with van der Waals surface area (Å²) in [4.78, 5) is 20.3. The topological polar surface area (TPSA) is 78.1 Å². The van der Waals surface area contributed by atoms with Gasteiger partial charge in [-0.05, 0) is 57.2 Å². The fraction of sp³-hybridized carbons (Fsp3) is 0.222. The lowest BCUT2D eigenvalue weighted by Crippen LogP contribution is -2.25. The molecule has 0 aliphatic carbocycles. The summed E-state index contributed by atoms with van der Waals surface area (Å²) in [6, 6.07) is 10.6. The lowest BCUT2D eigenvalue weighted by Gasteiger charge is -2.16. The molecule has 0 unspecified atom stereocenters. The quantitative estimate of drug-likeness (QED) is 0.539. The van der Waals surface area contributed by atoms with Crippen LogP contribution in [0.1, 0.15) is 20.8 Å². The highest BCUT2D eigenvalue weighted by Gasteiger charge is 2.23. The summed E-state index contributed by atoms with van der Waals surface area (Å²) >= 11 is 0. The molecule has 0 fully saturated rings. The van der Waals surface area contributed by atoms with Gasteiger partial charge in [0.05, 0.1) is 11.0 Å². The molecule has 6 heteroatoms. The summed E-state index contributed by atoms with van der Waals surface area (Å²) in [5, 5.41) is 3.97. The van der Waals surface area contributed by atoms with Crippen molar-refractivity contribution in [2.45, 2.75) is 20.8 Å². The van der Waals surface area contributed by atoms with E-state index in [2.05, 4.69) is 15.1 Å². The number of ether oxygens (including phenoxy) is 1. The van der Waals surface area contributed by atoms with Crippen molar-refractivity contribution in [3.63, 3.8) is 0 Å². The molecule has 2 heterocycles. The van der Waals surface area contributed by atoms with Crippen LogP contribution in [-0.4, -0.2) is 21.1 Å². The lowest BCUT2D eigenvalue weighted by atomic mass is 9.97. The minimum atomic E-state index is -0.551. The summed E-state index contributed by atoms with van der Waals surface area (Å²) in [7, 11) is 0. The van der Waals surface area contributed by atoms with Crippen LogP contribution in [0.25, 0.3) is 22.8 Å². The number of pyridine rings is 1. The Morgan fingerprint density at radius 3 is 2.46 bits per heavy atom. The Morgan fingerprint density at radius 2 is 1.83 bits per heavy atom. The van der Waals surface area contributed by atoms with E-state index in [1.165, 1.54) is 0 Å². The van der Waals surface area contributed by atoms with Crippen molar-refractivity contribution in [3.8, 4) is 28.6 Å². The molecule has 2 aromatic heterocycles. The summed E-state index contributed by atoms with van der Waals surface area (Å²) in [5.41, 5.74) is 0.974. The average molecular weight is 323 g/mol. The zero-order chi connectivity index (χ0) is 17.2. The normalized spacial score (nSPS) is 11.3. The van der Waals surface area contributed by atoms with Crippen molar-refractivity contribution in [1.29, 1.82) is 0 Å². The molecule has 0 N–H and O–H groups in total. The second kappa shape index (κ2) is 6.23. The maximum atomic E-state index is 11.9. The predicted molar refractivity (Wildman–Crippen MR) is 88.1 cm³/mol. The third-order valence-electron chi connectivity index (χ3n) is 3.27. The van der Waals surface area contributed by atoms with Gasteiger partial charge in [0.25, 0.3) is 5.89 Å². The molecule has 122 valence electrons. The second-order valence-corrected chi connectivity index (χ2v) is 6.33. The van der Waals surface area contributed by atoms with E-state index >= 15 is 0 Å². The van der Waals surface area contributed by atoms with Crippen LogP contribution in [-0.2, 0) is 4.79 Å². The van der Waals surface area contributed by atoms with E-state index in [-0.39, 0.29) is 5.97 Å². The van der Waals surface area contributed by atoms with Crippen molar-refractivity contribution in [3.05, 3.63) is 48.8 Å². The van der Waals surface area contributed by atoms with E-state index in [9.17, 15) is 4.79 Å². The van der Waals surface area contributed by atoms with Crippen LogP contribution < -0.4 is 4.74 Å². The highest BCUT2D eigenvalue weighted by atomic mass is 16.5. The van der Waals surface area contributed by atoms with E-state index in [1.54, 1.807) is 42.7 Å². The van der Waals surface area contributed by atoms with E-state index in [1.807, 2.05) is 26.8 Å². The number of aromatic nitrogens is 3. The molecule has 0 radical (unpaired) electrons. The molecule has 0 aliphatic heterocycles. The fourth-order valence-electron chi connectivity index (χ4n) is 1.88. The first-order valence-electron chi connectivity index (χ1n) is 7.50. The van der Waals surface area contributed by atoms with Gasteiger partial charge in [0, 0.05) is 18.0 Å². The van der Waals surface area contributed by atoms with Crippen molar-refractivity contribution in [2.24, 2.45) is 5.41 Å². The first-order valence-corrected chi connectivity index (χ1v) is 7.50. The fourth-order valence-corrected chi connectivity index (χ4v) is 1.88. The summed E-state index contributed by atoms with van der Waals surface area (Å²) < 4.78 is 10.6. The van der Waals surface area contributed by atoms with Gasteiger partial charge in [0.15, 0.2) is 0 Å². The second-order valence-electron chi connectivity index (χ2n) is 6.33. The zero-order valence-corrected chi connectivity index (χ0v) is 13.7. The summed E-state index contributed by atoms with van der Waals surface area (Å²) in [6.07, 6.45) is 3.34. The monoisotopic (exact) mass is 323 g/mol. The highest BCUT2D eigenvalue weighted by Crippen LogP contribution is 2.25. The Morgan fingerprint density at radius 1 is 1.08 bits per heavy atom. The van der Waals surface area contributed by atoms with Gasteiger partial charge in [-0.25, -0.2) is 0 Å². The van der Waals surface area contributed by atoms with Crippen molar-refractivity contribution < 1.29 is 14.1 Å². The van der Waals surface area contributed by atoms with E-state index in [0.29, 0.717) is 17.5 Å². The smallest absolute Gasteiger partial charge is 0.316 e.